The molecule has 9 heteroatoms. The summed E-state index contributed by atoms with van der Waals surface area (Å²) in [4.78, 5) is 50.5. The first-order chi connectivity index (χ1) is 14.3. The molecule has 3 aromatic rings. The third-order valence-corrected chi connectivity index (χ3v) is 5.92. The summed E-state index contributed by atoms with van der Waals surface area (Å²) in [5, 5.41) is 8.92. The first-order valence-electron chi connectivity index (χ1n) is 9.11. The first-order valence-corrected chi connectivity index (χ1v) is 9.99. The van der Waals surface area contributed by atoms with E-state index in [4.69, 9.17) is 5.73 Å². The molecule has 0 unspecified atom stereocenters. The second-order valence-electron chi connectivity index (χ2n) is 7.05. The molecule has 2 aromatic carbocycles. The van der Waals surface area contributed by atoms with Crippen LogP contribution in [0.25, 0.3) is 10.8 Å². The van der Waals surface area contributed by atoms with Crippen molar-refractivity contribution < 1.29 is 19.2 Å². The van der Waals surface area contributed by atoms with Crippen LogP contribution >= 0.6 is 11.3 Å². The quantitative estimate of drug-likeness (QED) is 0.547. The molecule has 8 nitrogen and oxygen atoms in total. The topological polar surface area (TPSA) is 122 Å². The maximum atomic E-state index is 13.2. The van der Waals surface area contributed by atoms with Crippen LogP contribution in [0.3, 0.4) is 0 Å². The standard InChI is InChI=1S/C21H18N4O4S/c1-21(15-8-4-6-12-5-2-3-7-13(12)15)19(28)25(20(29)24-21)11-16(26)23-18-14(17(22)27)9-10-30-18/h2-10H,11H2,1H3,(H2,22,27)(H,23,26)(H,24,29)/t21-/m0/s1. The highest BCUT2D eigenvalue weighted by molar-refractivity contribution is 7.14. The maximum absolute atomic E-state index is 13.2. The van der Waals surface area contributed by atoms with Gasteiger partial charge in [-0.15, -0.1) is 11.3 Å². The number of imide groups is 1. The van der Waals surface area contributed by atoms with Crippen molar-refractivity contribution in [2.24, 2.45) is 5.73 Å². The average Bonchev–Trinajstić information content (AvgIpc) is 3.26. The van der Waals surface area contributed by atoms with Gasteiger partial charge < -0.3 is 16.4 Å². The Hall–Kier alpha value is -3.72. The van der Waals surface area contributed by atoms with Crippen LogP contribution in [-0.4, -0.2) is 35.2 Å². The van der Waals surface area contributed by atoms with Crippen LogP contribution in [0.2, 0.25) is 0 Å². The third-order valence-electron chi connectivity index (χ3n) is 5.09. The van der Waals surface area contributed by atoms with Crippen LogP contribution in [0.15, 0.2) is 53.9 Å². The summed E-state index contributed by atoms with van der Waals surface area (Å²) in [7, 11) is 0. The summed E-state index contributed by atoms with van der Waals surface area (Å²) in [5.41, 5.74) is 4.79. The molecule has 5 amide bonds. The molecule has 4 rings (SSSR count). The number of anilines is 1. The lowest BCUT2D eigenvalue weighted by molar-refractivity contribution is -0.133. The highest BCUT2D eigenvalue weighted by Gasteiger charge is 2.50. The van der Waals surface area contributed by atoms with Gasteiger partial charge in [0.05, 0.1) is 5.56 Å². The maximum Gasteiger partial charge on any atom is 0.325 e. The van der Waals surface area contributed by atoms with Gasteiger partial charge in [-0.3, -0.25) is 19.3 Å². The van der Waals surface area contributed by atoms with E-state index in [0.29, 0.717) is 5.56 Å². The van der Waals surface area contributed by atoms with E-state index in [9.17, 15) is 19.2 Å². The number of fused-ring (bicyclic) bond motifs is 1. The molecule has 0 bridgehead atoms. The van der Waals surface area contributed by atoms with Crippen molar-refractivity contribution in [3.63, 3.8) is 0 Å². The number of urea groups is 1. The Balaban J connectivity index is 1.59. The molecule has 1 aromatic heterocycles. The molecule has 0 radical (unpaired) electrons. The number of carbonyl (C=O) groups is 4. The second kappa shape index (κ2) is 7.27. The molecular weight excluding hydrogens is 404 g/mol. The number of amides is 5. The van der Waals surface area contributed by atoms with E-state index in [1.54, 1.807) is 18.4 Å². The van der Waals surface area contributed by atoms with E-state index >= 15 is 0 Å². The predicted octanol–water partition coefficient (Wildman–Crippen LogP) is 2.41. The fourth-order valence-corrected chi connectivity index (χ4v) is 4.40. The minimum Gasteiger partial charge on any atom is -0.366 e. The smallest absolute Gasteiger partial charge is 0.325 e. The number of nitrogens with zero attached hydrogens (tertiary/aromatic N) is 1. The molecule has 1 fully saturated rings. The van der Waals surface area contributed by atoms with Crippen LogP contribution < -0.4 is 16.4 Å². The minimum atomic E-state index is -1.31. The zero-order valence-electron chi connectivity index (χ0n) is 16.0. The number of hydrogen-bond donors (Lipinski definition) is 3. The van der Waals surface area contributed by atoms with Crippen LogP contribution in [0.1, 0.15) is 22.8 Å². The van der Waals surface area contributed by atoms with E-state index in [1.807, 2.05) is 36.4 Å². The summed E-state index contributed by atoms with van der Waals surface area (Å²) < 4.78 is 0. The number of nitrogens with two attached hydrogens (primary N) is 1. The molecule has 1 aliphatic heterocycles. The molecule has 30 heavy (non-hydrogen) atoms. The highest BCUT2D eigenvalue weighted by Crippen LogP contribution is 2.34. The van der Waals surface area contributed by atoms with Gasteiger partial charge in [-0.2, -0.15) is 0 Å². The van der Waals surface area contributed by atoms with E-state index in [2.05, 4.69) is 10.6 Å². The number of nitrogens with one attached hydrogen (secondary N) is 2. The zero-order valence-corrected chi connectivity index (χ0v) is 16.8. The molecule has 1 aliphatic rings. The zero-order chi connectivity index (χ0) is 21.5. The Bertz CT molecular complexity index is 1200. The molecule has 2 heterocycles. The number of hydrogen-bond acceptors (Lipinski definition) is 5. The third kappa shape index (κ3) is 3.18. The summed E-state index contributed by atoms with van der Waals surface area (Å²) in [5.74, 6) is -1.81. The first kappa shape index (κ1) is 19.6. The lowest BCUT2D eigenvalue weighted by Gasteiger charge is -2.24. The molecule has 4 N–H and O–H groups in total. The number of thiophene rings is 1. The van der Waals surface area contributed by atoms with Gasteiger partial charge in [0, 0.05) is 0 Å². The van der Waals surface area contributed by atoms with Gasteiger partial charge >= 0.3 is 6.03 Å². The van der Waals surface area contributed by atoms with Gasteiger partial charge in [-0.1, -0.05) is 42.5 Å². The van der Waals surface area contributed by atoms with Crippen molar-refractivity contribution in [2.45, 2.75) is 12.5 Å². The molecule has 152 valence electrons. The van der Waals surface area contributed by atoms with Crippen molar-refractivity contribution in [1.29, 1.82) is 0 Å². The van der Waals surface area contributed by atoms with Crippen LogP contribution in [0.5, 0.6) is 0 Å². The lowest BCUT2D eigenvalue weighted by atomic mass is 9.88. The van der Waals surface area contributed by atoms with Gasteiger partial charge in [-0.25, -0.2) is 4.79 Å². The van der Waals surface area contributed by atoms with E-state index in [0.717, 1.165) is 27.0 Å². The number of rotatable bonds is 5. The normalized spacial score (nSPS) is 18.5. The molecule has 1 saturated heterocycles. The van der Waals surface area contributed by atoms with Gasteiger partial charge in [0.15, 0.2) is 0 Å². The van der Waals surface area contributed by atoms with Crippen LogP contribution in [0.4, 0.5) is 9.80 Å². The monoisotopic (exact) mass is 422 g/mol. The Kier molecular flexibility index (Phi) is 4.75. The van der Waals surface area contributed by atoms with E-state index in [1.165, 1.54) is 6.07 Å². The van der Waals surface area contributed by atoms with E-state index in [-0.39, 0.29) is 10.6 Å². The van der Waals surface area contributed by atoms with Crippen molar-refractivity contribution in [1.82, 2.24) is 10.2 Å². The molecular formula is C21H18N4O4S. The Morgan fingerprint density at radius 2 is 1.87 bits per heavy atom. The molecule has 0 aliphatic carbocycles. The Morgan fingerprint density at radius 3 is 2.63 bits per heavy atom. The van der Waals surface area contributed by atoms with E-state index < -0.39 is 35.8 Å². The van der Waals surface area contributed by atoms with Crippen molar-refractivity contribution >= 4 is 50.9 Å². The largest absolute Gasteiger partial charge is 0.366 e. The lowest BCUT2D eigenvalue weighted by Crippen LogP contribution is -2.42. The van der Waals surface area contributed by atoms with Crippen LogP contribution in [0, 0.1) is 0 Å². The van der Waals surface area contributed by atoms with Gasteiger partial charge in [-0.05, 0) is 34.7 Å². The Morgan fingerprint density at radius 1 is 1.13 bits per heavy atom. The Labute approximate surface area is 175 Å². The SMILES string of the molecule is C[C@@]1(c2cccc3ccccc23)NC(=O)N(CC(=O)Nc2sccc2C(N)=O)C1=O. The van der Waals surface area contributed by atoms with Gasteiger partial charge in [0.1, 0.15) is 17.1 Å². The average molecular weight is 422 g/mol. The number of carbonyl (C=O) groups excluding carboxylic acids is 4. The summed E-state index contributed by atoms with van der Waals surface area (Å²) in [6, 6.07) is 13.9. The van der Waals surface area contributed by atoms with Crippen molar-refractivity contribution in [3.8, 4) is 0 Å². The fraction of sp³-hybridized carbons (Fsp3) is 0.143. The summed E-state index contributed by atoms with van der Waals surface area (Å²) >= 11 is 1.13. The summed E-state index contributed by atoms with van der Waals surface area (Å²) in [6.07, 6.45) is 0. The predicted molar refractivity (Wildman–Crippen MR) is 113 cm³/mol. The molecule has 1 atom stereocenters. The van der Waals surface area contributed by atoms with Gasteiger partial charge in [0.25, 0.3) is 11.8 Å². The minimum absolute atomic E-state index is 0.172. The van der Waals surface area contributed by atoms with Crippen LogP contribution in [-0.2, 0) is 15.1 Å². The second-order valence-corrected chi connectivity index (χ2v) is 7.97. The van der Waals surface area contributed by atoms with Gasteiger partial charge in [0.2, 0.25) is 5.91 Å². The van der Waals surface area contributed by atoms with Crippen molar-refractivity contribution in [2.75, 3.05) is 11.9 Å². The molecule has 0 spiro atoms. The number of benzene rings is 2. The molecule has 0 saturated carbocycles. The highest BCUT2D eigenvalue weighted by atomic mass is 32.1. The van der Waals surface area contributed by atoms with Crippen molar-refractivity contribution in [3.05, 3.63) is 65.0 Å². The number of primary amides is 1. The fourth-order valence-electron chi connectivity index (χ4n) is 3.59. The summed E-state index contributed by atoms with van der Waals surface area (Å²) in [6.45, 7) is 1.14.